The standard InChI is InChI=1S/C17H24FNO5/c1-16(2,18)17(20)11-13(19-24-17)12-6-7-14(22-4)15(10-12)23-9-5-8-21-3/h6-7,10,20H,5,8-9,11H2,1-4H3. The molecule has 0 amide bonds. The summed E-state index contributed by atoms with van der Waals surface area (Å²) >= 11 is 0. The van der Waals surface area contributed by atoms with Crippen LogP contribution < -0.4 is 9.47 Å². The molecule has 0 fully saturated rings. The van der Waals surface area contributed by atoms with Crippen LogP contribution in [0.1, 0.15) is 32.3 Å². The van der Waals surface area contributed by atoms with Gasteiger partial charge in [-0.2, -0.15) is 0 Å². The van der Waals surface area contributed by atoms with E-state index < -0.39 is 11.5 Å². The summed E-state index contributed by atoms with van der Waals surface area (Å²) in [7, 11) is 3.19. The van der Waals surface area contributed by atoms with Crippen molar-refractivity contribution in [3.8, 4) is 11.5 Å². The van der Waals surface area contributed by atoms with Crippen molar-refractivity contribution in [2.75, 3.05) is 27.4 Å². The highest BCUT2D eigenvalue weighted by molar-refractivity contribution is 6.02. The van der Waals surface area contributed by atoms with E-state index in [2.05, 4.69) is 5.16 Å². The molecule has 0 saturated heterocycles. The molecule has 0 bridgehead atoms. The van der Waals surface area contributed by atoms with Crippen LogP contribution in [0.15, 0.2) is 23.4 Å². The van der Waals surface area contributed by atoms with Crippen LogP contribution in [0.5, 0.6) is 11.5 Å². The maximum Gasteiger partial charge on any atom is 0.273 e. The highest BCUT2D eigenvalue weighted by atomic mass is 19.1. The quantitative estimate of drug-likeness (QED) is 0.736. The molecular weight excluding hydrogens is 317 g/mol. The van der Waals surface area contributed by atoms with Crippen molar-refractivity contribution in [1.29, 1.82) is 0 Å². The lowest BCUT2D eigenvalue weighted by Gasteiger charge is -2.29. The molecule has 6 nitrogen and oxygen atoms in total. The van der Waals surface area contributed by atoms with Crippen LogP contribution in [-0.4, -0.2) is 49.7 Å². The number of ether oxygens (including phenoxy) is 3. The van der Waals surface area contributed by atoms with E-state index in [1.54, 1.807) is 32.4 Å². The van der Waals surface area contributed by atoms with Crippen molar-refractivity contribution in [3.63, 3.8) is 0 Å². The van der Waals surface area contributed by atoms with Gasteiger partial charge in [0.2, 0.25) is 0 Å². The van der Waals surface area contributed by atoms with E-state index in [9.17, 15) is 9.50 Å². The first-order chi connectivity index (χ1) is 11.3. The van der Waals surface area contributed by atoms with Gasteiger partial charge in [-0.05, 0) is 32.0 Å². The Morgan fingerprint density at radius 3 is 2.62 bits per heavy atom. The normalized spacial score (nSPS) is 20.5. The van der Waals surface area contributed by atoms with Crippen LogP contribution in [0.4, 0.5) is 4.39 Å². The molecule has 1 atom stereocenters. The van der Waals surface area contributed by atoms with Gasteiger partial charge in [-0.25, -0.2) is 4.39 Å². The second-order valence-electron chi connectivity index (χ2n) is 6.12. The van der Waals surface area contributed by atoms with Gasteiger partial charge in [-0.1, -0.05) is 5.16 Å². The van der Waals surface area contributed by atoms with Gasteiger partial charge < -0.3 is 24.2 Å². The molecule has 1 aromatic rings. The highest BCUT2D eigenvalue weighted by Gasteiger charge is 2.51. The molecule has 1 aliphatic heterocycles. The highest BCUT2D eigenvalue weighted by Crippen LogP contribution is 2.37. The zero-order valence-corrected chi connectivity index (χ0v) is 14.5. The maximum absolute atomic E-state index is 14.1. The van der Waals surface area contributed by atoms with Gasteiger partial charge in [0, 0.05) is 25.7 Å². The fraction of sp³-hybridized carbons (Fsp3) is 0.588. The Morgan fingerprint density at radius 2 is 2.04 bits per heavy atom. The summed E-state index contributed by atoms with van der Waals surface area (Å²) in [5.74, 6) is -0.845. The lowest BCUT2D eigenvalue weighted by molar-refractivity contribution is -0.252. The van der Waals surface area contributed by atoms with E-state index in [1.165, 1.54) is 13.8 Å². The molecule has 1 heterocycles. The predicted octanol–water partition coefficient (Wildman–Crippen LogP) is 2.67. The summed E-state index contributed by atoms with van der Waals surface area (Å²) < 4.78 is 30.1. The smallest absolute Gasteiger partial charge is 0.273 e. The summed E-state index contributed by atoms with van der Waals surface area (Å²) in [5, 5.41) is 14.1. The van der Waals surface area contributed by atoms with E-state index in [-0.39, 0.29) is 6.42 Å². The number of alkyl halides is 1. The third kappa shape index (κ3) is 3.96. The first-order valence-electron chi connectivity index (χ1n) is 7.77. The predicted molar refractivity (Wildman–Crippen MR) is 87.4 cm³/mol. The van der Waals surface area contributed by atoms with Crippen LogP contribution >= 0.6 is 0 Å². The summed E-state index contributed by atoms with van der Waals surface area (Å²) in [6.07, 6.45) is 0.690. The van der Waals surface area contributed by atoms with E-state index in [4.69, 9.17) is 19.0 Å². The van der Waals surface area contributed by atoms with Crippen LogP contribution in [0.2, 0.25) is 0 Å². The fourth-order valence-corrected chi connectivity index (χ4v) is 2.25. The zero-order chi connectivity index (χ0) is 17.8. The van der Waals surface area contributed by atoms with E-state index >= 15 is 0 Å². The van der Waals surface area contributed by atoms with Crippen molar-refractivity contribution >= 4 is 5.71 Å². The molecule has 0 aliphatic carbocycles. The molecule has 1 unspecified atom stereocenters. The molecule has 1 aromatic carbocycles. The van der Waals surface area contributed by atoms with Crippen molar-refractivity contribution in [2.24, 2.45) is 5.16 Å². The van der Waals surface area contributed by atoms with Crippen LogP contribution in [-0.2, 0) is 9.57 Å². The largest absolute Gasteiger partial charge is 0.493 e. The lowest BCUT2D eigenvalue weighted by atomic mass is 9.92. The molecule has 0 spiro atoms. The Labute approximate surface area is 141 Å². The minimum Gasteiger partial charge on any atom is -0.493 e. The molecule has 0 saturated carbocycles. The minimum atomic E-state index is -1.97. The van der Waals surface area contributed by atoms with Crippen molar-refractivity contribution in [3.05, 3.63) is 23.8 Å². The van der Waals surface area contributed by atoms with Gasteiger partial charge in [0.1, 0.15) is 0 Å². The number of methoxy groups -OCH3 is 2. The Hall–Kier alpha value is -1.86. The number of benzene rings is 1. The summed E-state index contributed by atoms with van der Waals surface area (Å²) in [6, 6.07) is 5.24. The van der Waals surface area contributed by atoms with E-state index in [1.807, 2.05) is 0 Å². The number of nitrogens with zero attached hydrogens (tertiary/aromatic N) is 1. The second kappa shape index (κ2) is 7.36. The average molecular weight is 341 g/mol. The van der Waals surface area contributed by atoms with Crippen molar-refractivity contribution < 1.29 is 28.5 Å². The summed E-state index contributed by atoms with van der Waals surface area (Å²) in [6.45, 7) is 3.58. The molecule has 0 radical (unpaired) electrons. The van der Waals surface area contributed by atoms with E-state index in [0.29, 0.717) is 36.0 Å². The van der Waals surface area contributed by atoms with Crippen molar-refractivity contribution in [1.82, 2.24) is 0 Å². The number of rotatable bonds is 8. The Balaban J connectivity index is 2.14. The Morgan fingerprint density at radius 1 is 1.29 bits per heavy atom. The number of hydrogen-bond donors (Lipinski definition) is 1. The van der Waals surface area contributed by atoms with E-state index in [0.717, 1.165) is 6.42 Å². The fourth-order valence-electron chi connectivity index (χ4n) is 2.25. The van der Waals surface area contributed by atoms with Gasteiger partial charge in [0.15, 0.2) is 17.2 Å². The Bertz CT molecular complexity index is 599. The van der Waals surface area contributed by atoms with Crippen LogP contribution in [0.3, 0.4) is 0 Å². The first-order valence-corrected chi connectivity index (χ1v) is 7.77. The molecule has 2 rings (SSSR count). The molecule has 7 heteroatoms. The van der Waals surface area contributed by atoms with Gasteiger partial charge in [0.25, 0.3) is 5.79 Å². The zero-order valence-electron chi connectivity index (χ0n) is 14.5. The SMILES string of the molecule is COCCCOc1cc(C2=NOC(O)(C(C)(C)F)C2)ccc1OC. The molecule has 1 aliphatic rings. The van der Waals surface area contributed by atoms with Gasteiger partial charge in [-0.15, -0.1) is 0 Å². The minimum absolute atomic E-state index is 0.0497. The third-order valence-corrected chi connectivity index (χ3v) is 3.89. The van der Waals surface area contributed by atoms with Gasteiger partial charge in [0.05, 0.1) is 25.8 Å². The number of hydrogen-bond acceptors (Lipinski definition) is 6. The van der Waals surface area contributed by atoms with Crippen LogP contribution in [0, 0.1) is 0 Å². The molecule has 134 valence electrons. The molecular formula is C17H24FNO5. The topological polar surface area (TPSA) is 69.5 Å². The van der Waals surface area contributed by atoms with Gasteiger partial charge >= 0.3 is 0 Å². The summed E-state index contributed by atoms with van der Waals surface area (Å²) in [4.78, 5) is 4.96. The van der Waals surface area contributed by atoms with Crippen molar-refractivity contribution in [2.45, 2.75) is 38.1 Å². The van der Waals surface area contributed by atoms with Crippen LogP contribution in [0.25, 0.3) is 0 Å². The lowest BCUT2D eigenvalue weighted by Crippen LogP contribution is -2.47. The number of halogens is 1. The number of oxime groups is 1. The summed E-state index contributed by atoms with van der Waals surface area (Å²) in [5.41, 5.74) is -0.810. The maximum atomic E-state index is 14.1. The van der Waals surface area contributed by atoms with Gasteiger partial charge in [-0.3, -0.25) is 0 Å². The number of aliphatic hydroxyl groups is 1. The molecule has 24 heavy (non-hydrogen) atoms. The molecule has 0 aromatic heterocycles. The Kier molecular flexibility index (Phi) is 5.66. The second-order valence-corrected chi connectivity index (χ2v) is 6.12. The average Bonchev–Trinajstić information content (AvgIpc) is 2.95. The monoisotopic (exact) mass is 341 g/mol. The third-order valence-electron chi connectivity index (χ3n) is 3.89. The first kappa shape index (κ1) is 18.5. The molecule has 1 N–H and O–H groups in total.